The van der Waals surface area contributed by atoms with E-state index in [2.05, 4.69) is 9.40 Å². The molecule has 1 aromatic carbocycles. The van der Waals surface area contributed by atoms with E-state index in [9.17, 15) is 17.2 Å². The quantitative estimate of drug-likeness (QED) is 0.860. The number of rotatable bonds is 3. The third kappa shape index (κ3) is 2.26. The van der Waals surface area contributed by atoms with E-state index >= 15 is 0 Å². The fourth-order valence-electron chi connectivity index (χ4n) is 1.46. The summed E-state index contributed by atoms with van der Waals surface area (Å²) in [4.78, 5) is 3.47. The number of aryl methyl sites for hydroxylation is 1. The number of sulfone groups is 1. The summed E-state index contributed by atoms with van der Waals surface area (Å²) in [7, 11) is -3.99. The molecule has 2 aromatic rings. The predicted octanol–water partition coefficient (Wildman–Crippen LogP) is 2.24. The first-order valence-electron chi connectivity index (χ1n) is 4.97. The van der Waals surface area contributed by atoms with Gasteiger partial charge in [-0.1, -0.05) is 6.07 Å². The molecule has 18 heavy (non-hydrogen) atoms. The van der Waals surface area contributed by atoms with Crippen molar-refractivity contribution in [3.8, 4) is 0 Å². The van der Waals surface area contributed by atoms with Gasteiger partial charge in [0.15, 0.2) is 0 Å². The van der Waals surface area contributed by atoms with Crippen molar-refractivity contribution in [3.63, 3.8) is 0 Å². The highest BCUT2D eigenvalue weighted by Gasteiger charge is 2.24. The Labute approximate surface area is 102 Å². The van der Waals surface area contributed by atoms with Gasteiger partial charge in [-0.25, -0.2) is 22.2 Å². The van der Waals surface area contributed by atoms with Crippen LogP contribution in [0.15, 0.2) is 34.2 Å². The Morgan fingerprint density at radius 3 is 2.67 bits per heavy atom. The van der Waals surface area contributed by atoms with E-state index in [1.165, 1.54) is 13.0 Å². The fraction of sp³-hybridized carbons (Fsp3) is 0.182. The molecule has 0 aliphatic rings. The molecule has 4 nitrogen and oxygen atoms in total. The van der Waals surface area contributed by atoms with Crippen LogP contribution in [0.2, 0.25) is 0 Å². The van der Waals surface area contributed by atoms with Gasteiger partial charge in [0.2, 0.25) is 9.84 Å². The van der Waals surface area contributed by atoms with Crippen molar-refractivity contribution in [2.45, 2.75) is 17.9 Å². The van der Waals surface area contributed by atoms with E-state index in [-0.39, 0.29) is 5.56 Å². The van der Waals surface area contributed by atoms with Gasteiger partial charge in [-0.05, 0) is 18.6 Å². The molecule has 0 atom stereocenters. The third-order valence-corrected chi connectivity index (χ3v) is 3.79. The van der Waals surface area contributed by atoms with Gasteiger partial charge in [-0.3, -0.25) is 0 Å². The maximum absolute atomic E-state index is 13.7. The van der Waals surface area contributed by atoms with Crippen molar-refractivity contribution in [1.29, 1.82) is 0 Å². The van der Waals surface area contributed by atoms with Gasteiger partial charge in [0.05, 0.1) is 11.9 Å². The Hall–Kier alpha value is -1.76. The van der Waals surface area contributed by atoms with Crippen molar-refractivity contribution >= 4 is 9.84 Å². The fourth-order valence-corrected chi connectivity index (χ4v) is 2.65. The lowest BCUT2D eigenvalue weighted by Gasteiger charge is -2.06. The average molecular weight is 273 g/mol. The minimum absolute atomic E-state index is 0.175. The number of halogens is 2. The van der Waals surface area contributed by atoms with Gasteiger partial charge in [0, 0.05) is 5.56 Å². The lowest BCUT2D eigenvalue weighted by molar-refractivity contribution is 0.429. The lowest BCUT2D eigenvalue weighted by atomic mass is 10.1. The molecule has 0 saturated carbocycles. The van der Waals surface area contributed by atoms with Crippen LogP contribution in [-0.4, -0.2) is 13.4 Å². The van der Waals surface area contributed by atoms with Crippen LogP contribution in [0.25, 0.3) is 0 Å². The highest BCUT2D eigenvalue weighted by Crippen LogP contribution is 2.21. The molecule has 7 heteroatoms. The molecule has 0 amide bonds. The Morgan fingerprint density at radius 2 is 2.06 bits per heavy atom. The van der Waals surface area contributed by atoms with Crippen LogP contribution in [0, 0.1) is 18.6 Å². The van der Waals surface area contributed by atoms with Crippen LogP contribution < -0.4 is 0 Å². The molecular weight excluding hydrogens is 264 g/mol. The van der Waals surface area contributed by atoms with E-state index in [1.807, 2.05) is 0 Å². The summed E-state index contributed by atoms with van der Waals surface area (Å²) in [6.07, 6.45) is 2.23. The first-order valence-corrected chi connectivity index (χ1v) is 6.63. The zero-order chi connectivity index (χ0) is 13.3. The molecule has 1 heterocycles. The van der Waals surface area contributed by atoms with E-state index in [4.69, 9.17) is 0 Å². The van der Waals surface area contributed by atoms with Crippen LogP contribution in [0.4, 0.5) is 8.78 Å². The highest BCUT2D eigenvalue weighted by atomic mass is 32.2. The summed E-state index contributed by atoms with van der Waals surface area (Å²) in [6, 6.07) is 2.27. The monoisotopic (exact) mass is 273 g/mol. The van der Waals surface area contributed by atoms with Gasteiger partial charge in [-0.2, -0.15) is 0 Å². The second kappa shape index (κ2) is 4.49. The van der Waals surface area contributed by atoms with E-state index in [1.54, 1.807) is 0 Å². The Balaban J connectivity index is 2.45. The molecule has 2 rings (SSSR count). The number of hydrogen-bond donors (Lipinski definition) is 0. The standard InChI is InChI=1S/C11H9F2NO3S/c1-7-2-3-9(12)8(10(7)13)6-18(15,16)11-14-4-5-17-11/h2-5H,6H2,1H3. The molecule has 1 aromatic heterocycles. The Kier molecular flexibility index (Phi) is 3.16. The Morgan fingerprint density at radius 1 is 1.33 bits per heavy atom. The first kappa shape index (κ1) is 12.7. The molecule has 0 bridgehead atoms. The summed E-state index contributed by atoms with van der Waals surface area (Å²) in [5.74, 6) is -2.61. The van der Waals surface area contributed by atoms with Crippen molar-refractivity contribution in [2.24, 2.45) is 0 Å². The molecule has 96 valence electrons. The second-order valence-electron chi connectivity index (χ2n) is 3.71. The topological polar surface area (TPSA) is 60.2 Å². The van der Waals surface area contributed by atoms with Gasteiger partial charge in [0.1, 0.15) is 17.9 Å². The zero-order valence-corrected chi connectivity index (χ0v) is 10.2. The van der Waals surface area contributed by atoms with E-state index < -0.39 is 38.0 Å². The minimum Gasteiger partial charge on any atom is -0.437 e. The van der Waals surface area contributed by atoms with Crippen molar-refractivity contribution in [1.82, 2.24) is 4.98 Å². The SMILES string of the molecule is Cc1ccc(F)c(CS(=O)(=O)c2ncco2)c1F. The van der Waals surface area contributed by atoms with E-state index in [0.717, 1.165) is 18.5 Å². The highest BCUT2D eigenvalue weighted by molar-refractivity contribution is 7.90. The zero-order valence-electron chi connectivity index (χ0n) is 9.35. The molecule has 0 fully saturated rings. The molecule has 0 unspecified atom stereocenters. The molecule has 0 radical (unpaired) electrons. The van der Waals surface area contributed by atoms with Crippen molar-refractivity contribution in [2.75, 3.05) is 0 Å². The van der Waals surface area contributed by atoms with Crippen LogP contribution in [0.1, 0.15) is 11.1 Å². The summed E-state index contributed by atoms with van der Waals surface area (Å²) in [5.41, 5.74) is -0.331. The van der Waals surface area contributed by atoms with Crippen molar-refractivity contribution in [3.05, 3.63) is 47.4 Å². The number of nitrogens with zero attached hydrogens (tertiary/aromatic N) is 1. The number of benzene rings is 1. The van der Waals surface area contributed by atoms with Crippen LogP contribution in [0.5, 0.6) is 0 Å². The molecule has 0 N–H and O–H groups in total. The van der Waals surface area contributed by atoms with Gasteiger partial charge in [-0.15, -0.1) is 0 Å². The average Bonchev–Trinajstić information content (AvgIpc) is 2.84. The molecule has 0 aliphatic heterocycles. The second-order valence-corrected chi connectivity index (χ2v) is 5.58. The van der Waals surface area contributed by atoms with Gasteiger partial charge >= 0.3 is 5.22 Å². The summed E-state index contributed by atoms with van der Waals surface area (Å²) in [6.45, 7) is 1.43. The number of hydrogen-bond acceptors (Lipinski definition) is 4. The maximum Gasteiger partial charge on any atom is 0.315 e. The number of aromatic nitrogens is 1. The normalized spacial score (nSPS) is 11.7. The predicted molar refractivity (Wildman–Crippen MR) is 58.5 cm³/mol. The maximum atomic E-state index is 13.7. The molecule has 0 spiro atoms. The van der Waals surface area contributed by atoms with Gasteiger partial charge < -0.3 is 4.42 Å². The smallest absolute Gasteiger partial charge is 0.315 e. The molecular formula is C11H9F2NO3S. The van der Waals surface area contributed by atoms with Gasteiger partial charge in [0.25, 0.3) is 0 Å². The number of oxazole rings is 1. The van der Waals surface area contributed by atoms with Crippen molar-refractivity contribution < 1.29 is 21.6 Å². The third-order valence-electron chi connectivity index (χ3n) is 2.39. The van der Waals surface area contributed by atoms with Crippen LogP contribution >= 0.6 is 0 Å². The summed E-state index contributed by atoms with van der Waals surface area (Å²) < 4.78 is 55.3. The molecule has 0 aliphatic carbocycles. The van der Waals surface area contributed by atoms with Crippen LogP contribution in [0.3, 0.4) is 0 Å². The van der Waals surface area contributed by atoms with E-state index in [0.29, 0.717) is 0 Å². The Bertz CT molecular complexity index is 666. The minimum atomic E-state index is -3.99. The summed E-state index contributed by atoms with van der Waals surface area (Å²) >= 11 is 0. The lowest BCUT2D eigenvalue weighted by Crippen LogP contribution is -2.09. The van der Waals surface area contributed by atoms with Crippen LogP contribution in [-0.2, 0) is 15.6 Å². The largest absolute Gasteiger partial charge is 0.437 e. The first-order chi connectivity index (χ1) is 8.42. The molecule has 0 saturated heterocycles. The summed E-state index contributed by atoms with van der Waals surface area (Å²) in [5, 5.41) is -0.553.